The third-order valence-electron chi connectivity index (χ3n) is 4.31. The first-order valence-electron chi connectivity index (χ1n) is 7.03. The predicted octanol–water partition coefficient (Wildman–Crippen LogP) is 2.72. The minimum absolute atomic E-state index is 0.151. The fraction of sp³-hybridized carbons (Fsp3) is 0.571. The summed E-state index contributed by atoms with van der Waals surface area (Å²) >= 11 is 6.01. The molecule has 0 saturated heterocycles. The number of sulfonamides is 1. The largest absolute Gasteiger partial charge is 0.372 e. The van der Waals surface area contributed by atoms with Gasteiger partial charge in [-0.25, -0.2) is 8.42 Å². The molecule has 1 heterocycles. The van der Waals surface area contributed by atoms with Gasteiger partial charge in [0.1, 0.15) is 4.90 Å². The SMILES string of the molecule is CN1CCN(C2CCCC2)S(=O)(=O)c2cc(Cl)ccc21. The summed E-state index contributed by atoms with van der Waals surface area (Å²) in [6.07, 6.45) is 4.18. The number of likely N-dealkylation sites (N-methyl/N-ethyl adjacent to an activating group) is 1. The topological polar surface area (TPSA) is 40.6 Å². The monoisotopic (exact) mass is 314 g/mol. The zero-order valence-corrected chi connectivity index (χ0v) is 13.1. The fourth-order valence-electron chi connectivity index (χ4n) is 3.20. The predicted molar refractivity (Wildman–Crippen MR) is 80.9 cm³/mol. The summed E-state index contributed by atoms with van der Waals surface area (Å²) in [4.78, 5) is 2.34. The van der Waals surface area contributed by atoms with E-state index in [9.17, 15) is 8.42 Å². The third-order valence-corrected chi connectivity index (χ3v) is 6.52. The molecule has 1 saturated carbocycles. The normalized spacial score (nSPS) is 23.6. The van der Waals surface area contributed by atoms with Crippen molar-refractivity contribution < 1.29 is 8.42 Å². The first-order valence-corrected chi connectivity index (χ1v) is 8.84. The molecule has 0 atom stereocenters. The highest BCUT2D eigenvalue weighted by atomic mass is 35.5. The van der Waals surface area contributed by atoms with Gasteiger partial charge in [0, 0.05) is 31.2 Å². The second kappa shape index (κ2) is 5.20. The molecule has 1 fully saturated rings. The fourth-order valence-corrected chi connectivity index (χ4v) is 5.38. The number of hydrogen-bond acceptors (Lipinski definition) is 3. The van der Waals surface area contributed by atoms with Crippen molar-refractivity contribution >= 4 is 27.3 Å². The first-order chi connectivity index (χ1) is 9.50. The molecule has 20 heavy (non-hydrogen) atoms. The summed E-state index contributed by atoms with van der Waals surface area (Å²) in [5, 5.41) is 0.467. The molecule has 0 amide bonds. The molecule has 0 N–H and O–H groups in total. The van der Waals surface area contributed by atoms with Crippen LogP contribution < -0.4 is 4.90 Å². The Balaban J connectivity index is 2.10. The molecule has 0 spiro atoms. The van der Waals surface area contributed by atoms with E-state index < -0.39 is 10.0 Å². The lowest BCUT2D eigenvalue weighted by Crippen LogP contribution is -2.40. The molecule has 6 heteroatoms. The van der Waals surface area contributed by atoms with Crippen LogP contribution in [0.2, 0.25) is 5.02 Å². The Morgan fingerprint density at radius 2 is 1.90 bits per heavy atom. The van der Waals surface area contributed by atoms with Gasteiger partial charge in [0.2, 0.25) is 10.0 Å². The second-order valence-corrected chi connectivity index (χ2v) is 7.88. The van der Waals surface area contributed by atoms with Crippen molar-refractivity contribution in [2.24, 2.45) is 0 Å². The molecule has 1 aromatic rings. The molecule has 0 unspecified atom stereocenters. The highest BCUT2D eigenvalue weighted by molar-refractivity contribution is 7.89. The van der Waals surface area contributed by atoms with E-state index in [0.717, 1.165) is 31.4 Å². The van der Waals surface area contributed by atoms with Crippen molar-refractivity contribution in [3.8, 4) is 0 Å². The van der Waals surface area contributed by atoms with E-state index in [0.29, 0.717) is 23.0 Å². The van der Waals surface area contributed by atoms with Crippen LogP contribution in [0.3, 0.4) is 0 Å². The van der Waals surface area contributed by atoms with Crippen LogP contribution in [0.4, 0.5) is 5.69 Å². The molecule has 4 nitrogen and oxygen atoms in total. The molecule has 3 rings (SSSR count). The number of fused-ring (bicyclic) bond motifs is 1. The first kappa shape index (κ1) is 14.2. The molecule has 110 valence electrons. The average Bonchev–Trinajstić information content (AvgIpc) is 2.89. The molecule has 0 aromatic heterocycles. The molecular weight excluding hydrogens is 296 g/mol. The molecule has 2 aliphatic rings. The molecule has 1 aliphatic heterocycles. The van der Waals surface area contributed by atoms with Crippen molar-refractivity contribution in [1.82, 2.24) is 4.31 Å². The summed E-state index contributed by atoms with van der Waals surface area (Å²) in [5.41, 5.74) is 0.745. The molecule has 0 bridgehead atoms. The maximum Gasteiger partial charge on any atom is 0.245 e. The van der Waals surface area contributed by atoms with Crippen molar-refractivity contribution in [3.05, 3.63) is 23.2 Å². The Bertz CT molecular complexity index is 612. The van der Waals surface area contributed by atoms with Crippen molar-refractivity contribution in [1.29, 1.82) is 0 Å². The van der Waals surface area contributed by atoms with Crippen LogP contribution in [0, 0.1) is 0 Å². The summed E-state index contributed by atoms with van der Waals surface area (Å²) < 4.78 is 27.6. The maximum absolute atomic E-state index is 12.9. The average molecular weight is 315 g/mol. The van der Waals surface area contributed by atoms with Gasteiger partial charge in [-0.3, -0.25) is 0 Å². The van der Waals surface area contributed by atoms with Gasteiger partial charge in [-0.2, -0.15) is 4.31 Å². The van der Waals surface area contributed by atoms with Crippen molar-refractivity contribution in [2.75, 3.05) is 25.0 Å². The van der Waals surface area contributed by atoms with Crippen LogP contribution in [-0.4, -0.2) is 38.9 Å². The van der Waals surface area contributed by atoms with Gasteiger partial charge in [0.25, 0.3) is 0 Å². The lowest BCUT2D eigenvalue weighted by molar-refractivity contribution is 0.331. The third kappa shape index (κ3) is 2.32. The van der Waals surface area contributed by atoms with E-state index in [2.05, 4.69) is 0 Å². The summed E-state index contributed by atoms with van der Waals surface area (Å²) in [6.45, 7) is 1.26. The standard InChI is InChI=1S/C14H19ClN2O2S/c1-16-8-9-17(12-4-2-3-5-12)20(18,19)14-10-11(15)6-7-13(14)16/h6-7,10,12H,2-5,8-9H2,1H3. The maximum atomic E-state index is 12.9. The van der Waals surface area contributed by atoms with Crippen molar-refractivity contribution in [3.63, 3.8) is 0 Å². The van der Waals surface area contributed by atoms with Crippen LogP contribution in [0.1, 0.15) is 25.7 Å². The van der Waals surface area contributed by atoms with Gasteiger partial charge in [-0.05, 0) is 31.0 Å². The lowest BCUT2D eigenvalue weighted by Gasteiger charge is -2.26. The molecular formula is C14H19ClN2O2S. The quantitative estimate of drug-likeness (QED) is 0.800. The Morgan fingerprint density at radius 3 is 2.60 bits per heavy atom. The van der Waals surface area contributed by atoms with Gasteiger partial charge >= 0.3 is 0 Å². The number of benzene rings is 1. The summed E-state index contributed by atoms with van der Waals surface area (Å²) in [5.74, 6) is 0. The van der Waals surface area contributed by atoms with Crippen LogP contribution in [0.25, 0.3) is 0 Å². The molecule has 1 aliphatic carbocycles. The van der Waals surface area contributed by atoms with E-state index in [1.165, 1.54) is 0 Å². The van der Waals surface area contributed by atoms with E-state index >= 15 is 0 Å². The van der Waals surface area contributed by atoms with Gasteiger partial charge in [0.15, 0.2) is 0 Å². The van der Waals surface area contributed by atoms with Crippen LogP contribution >= 0.6 is 11.6 Å². The number of hydrogen-bond donors (Lipinski definition) is 0. The van der Waals surface area contributed by atoms with Gasteiger partial charge in [-0.15, -0.1) is 0 Å². The Morgan fingerprint density at radius 1 is 1.20 bits per heavy atom. The van der Waals surface area contributed by atoms with E-state index in [4.69, 9.17) is 11.6 Å². The van der Waals surface area contributed by atoms with Crippen LogP contribution in [0.5, 0.6) is 0 Å². The number of nitrogens with zero attached hydrogens (tertiary/aromatic N) is 2. The minimum Gasteiger partial charge on any atom is -0.372 e. The van der Waals surface area contributed by atoms with Crippen LogP contribution in [-0.2, 0) is 10.0 Å². The number of anilines is 1. The molecule has 1 aromatic carbocycles. The highest BCUT2D eigenvalue weighted by Gasteiger charge is 2.37. The van der Waals surface area contributed by atoms with Crippen LogP contribution in [0.15, 0.2) is 23.1 Å². The smallest absolute Gasteiger partial charge is 0.245 e. The number of halogens is 1. The summed E-state index contributed by atoms with van der Waals surface area (Å²) in [7, 11) is -1.52. The van der Waals surface area contributed by atoms with Gasteiger partial charge < -0.3 is 4.90 Å². The zero-order valence-electron chi connectivity index (χ0n) is 11.5. The zero-order chi connectivity index (χ0) is 14.3. The Kier molecular flexibility index (Phi) is 3.69. The Hall–Kier alpha value is -0.780. The second-order valence-electron chi connectivity index (χ2n) is 5.59. The number of rotatable bonds is 1. The lowest BCUT2D eigenvalue weighted by atomic mass is 10.2. The van der Waals surface area contributed by atoms with E-state index in [1.807, 2.05) is 11.9 Å². The highest BCUT2D eigenvalue weighted by Crippen LogP contribution is 2.36. The Labute approximate surface area is 125 Å². The molecule has 0 radical (unpaired) electrons. The van der Waals surface area contributed by atoms with Gasteiger partial charge in [0.05, 0.1) is 5.69 Å². The van der Waals surface area contributed by atoms with Gasteiger partial charge in [-0.1, -0.05) is 24.4 Å². The summed E-state index contributed by atoms with van der Waals surface area (Å²) in [6, 6.07) is 5.28. The van der Waals surface area contributed by atoms with Crippen molar-refractivity contribution in [2.45, 2.75) is 36.6 Å². The van der Waals surface area contributed by atoms with E-state index in [-0.39, 0.29) is 6.04 Å². The van der Waals surface area contributed by atoms with E-state index in [1.54, 1.807) is 22.5 Å². The minimum atomic E-state index is -3.45.